The third-order valence-electron chi connectivity index (χ3n) is 2.46. The van der Waals surface area contributed by atoms with Gasteiger partial charge in [-0.3, -0.25) is 14.9 Å². The van der Waals surface area contributed by atoms with Crippen LogP contribution in [0.3, 0.4) is 0 Å². The van der Waals surface area contributed by atoms with Crippen molar-refractivity contribution in [3.63, 3.8) is 0 Å². The maximum Gasteiger partial charge on any atom is 0.271 e. The lowest BCUT2D eigenvalue weighted by Gasteiger charge is -2.05. The van der Waals surface area contributed by atoms with Crippen LogP contribution in [0.4, 0.5) is 5.13 Å². The summed E-state index contributed by atoms with van der Waals surface area (Å²) in [6, 6.07) is 6.64. The van der Waals surface area contributed by atoms with E-state index in [-0.39, 0.29) is 23.6 Å². The molecule has 2 N–H and O–H groups in total. The molecule has 1 aromatic heterocycles. The summed E-state index contributed by atoms with van der Waals surface area (Å²) in [5.41, 5.74) is 0.723. The Kier molecular flexibility index (Phi) is 4.93. The highest BCUT2D eigenvalue weighted by Crippen LogP contribution is 2.17. The number of rotatable bonds is 4. The van der Waals surface area contributed by atoms with Crippen LogP contribution >= 0.6 is 22.9 Å². The van der Waals surface area contributed by atoms with E-state index >= 15 is 0 Å². The second kappa shape index (κ2) is 6.69. The van der Waals surface area contributed by atoms with Crippen molar-refractivity contribution in [1.82, 2.24) is 10.3 Å². The van der Waals surface area contributed by atoms with Gasteiger partial charge >= 0.3 is 0 Å². The second-order valence-electron chi connectivity index (χ2n) is 4.63. The Hall–Kier alpha value is -1.92. The molecule has 2 aromatic rings. The molecule has 0 fully saturated rings. The largest absolute Gasteiger partial charge is 0.349 e. The minimum Gasteiger partial charge on any atom is -0.349 e. The first-order valence-corrected chi connectivity index (χ1v) is 7.55. The van der Waals surface area contributed by atoms with Crippen LogP contribution in [0.15, 0.2) is 29.6 Å². The SMILES string of the molecule is CC(C)NC(=O)c1csc(NC(=O)c2cccc(Cl)c2)n1. The molecule has 0 spiro atoms. The van der Waals surface area contributed by atoms with E-state index in [2.05, 4.69) is 15.6 Å². The number of carbonyl (C=O) groups is 2. The number of carbonyl (C=O) groups excluding carboxylic acids is 2. The van der Waals surface area contributed by atoms with Crippen LogP contribution in [0.5, 0.6) is 0 Å². The van der Waals surface area contributed by atoms with Gasteiger partial charge in [-0.25, -0.2) is 4.98 Å². The Morgan fingerprint density at radius 3 is 2.71 bits per heavy atom. The van der Waals surface area contributed by atoms with Gasteiger partial charge in [-0.2, -0.15) is 0 Å². The van der Waals surface area contributed by atoms with E-state index in [1.807, 2.05) is 13.8 Å². The molecule has 0 aliphatic heterocycles. The molecular formula is C14H14ClN3O2S. The standard InChI is InChI=1S/C14H14ClN3O2S/c1-8(2)16-13(20)11-7-21-14(17-11)18-12(19)9-4-3-5-10(15)6-9/h3-8H,1-2H3,(H,16,20)(H,17,18,19). The summed E-state index contributed by atoms with van der Waals surface area (Å²) in [5.74, 6) is -0.577. The Bertz CT molecular complexity index is 670. The number of aromatic nitrogens is 1. The van der Waals surface area contributed by atoms with Gasteiger partial charge in [0.1, 0.15) is 5.69 Å². The maximum absolute atomic E-state index is 12.0. The van der Waals surface area contributed by atoms with Crippen molar-refractivity contribution < 1.29 is 9.59 Å². The molecule has 1 heterocycles. The first-order chi connectivity index (χ1) is 9.95. The van der Waals surface area contributed by atoms with Crippen LogP contribution in [0, 0.1) is 0 Å². The molecule has 0 saturated carbocycles. The normalized spacial score (nSPS) is 10.5. The van der Waals surface area contributed by atoms with E-state index in [0.717, 1.165) is 0 Å². The lowest BCUT2D eigenvalue weighted by atomic mass is 10.2. The van der Waals surface area contributed by atoms with Gasteiger partial charge in [0.25, 0.3) is 11.8 Å². The summed E-state index contributed by atoms with van der Waals surface area (Å²) in [6.45, 7) is 3.73. The van der Waals surface area contributed by atoms with E-state index < -0.39 is 0 Å². The lowest BCUT2D eigenvalue weighted by Crippen LogP contribution is -2.30. The molecule has 7 heteroatoms. The molecule has 0 bridgehead atoms. The topological polar surface area (TPSA) is 71.1 Å². The maximum atomic E-state index is 12.0. The second-order valence-corrected chi connectivity index (χ2v) is 5.93. The monoisotopic (exact) mass is 323 g/mol. The molecule has 0 unspecified atom stereocenters. The summed E-state index contributed by atoms with van der Waals surface area (Å²) in [7, 11) is 0. The van der Waals surface area contributed by atoms with Crippen LogP contribution in [0.2, 0.25) is 5.02 Å². The minimum atomic E-state index is -0.317. The predicted octanol–water partition coefficient (Wildman–Crippen LogP) is 3.19. The number of amides is 2. The van der Waals surface area contributed by atoms with Gasteiger partial charge < -0.3 is 5.32 Å². The van der Waals surface area contributed by atoms with Gasteiger partial charge in [-0.1, -0.05) is 17.7 Å². The molecule has 0 radical (unpaired) electrons. The third kappa shape index (κ3) is 4.27. The number of anilines is 1. The van der Waals surface area contributed by atoms with Crippen LogP contribution in [0.25, 0.3) is 0 Å². The highest BCUT2D eigenvalue weighted by Gasteiger charge is 2.14. The Morgan fingerprint density at radius 1 is 1.29 bits per heavy atom. The highest BCUT2D eigenvalue weighted by atomic mass is 35.5. The summed E-state index contributed by atoms with van der Waals surface area (Å²) in [6.07, 6.45) is 0. The molecule has 1 aromatic carbocycles. The summed E-state index contributed by atoms with van der Waals surface area (Å²) >= 11 is 7.04. The number of nitrogens with zero attached hydrogens (tertiary/aromatic N) is 1. The predicted molar refractivity (Wildman–Crippen MR) is 84.1 cm³/mol. The fourth-order valence-electron chi connectivity index (χ4n) is 1.57. The summed E-state index contributed by atoms with van der Waals surface area (Å²) in [5, 5.41) is 7.84. The minimum absolute atomic E-state index is 0.0312. The van der Waals surface area contributed by atoms with Gasteiger partial charge in [0, 0.05) is 22.0 Å². The molecule has 0 atom stereocenters. The summed E-state index contributed by atoms with van der Waals surface area (Å²) < 4.78 is 0. The van der Waals surface area contributed by atoms with E-state index in [1.165, 1.54) is 11.3 Å². The van der Waals surface area contributed by atoms with Crippen molar-refractivity contribution in [2.75, 3.05) is 5.32 Å². The number of benzene rings is 1. The molecule has 110 valence electrons. The Morgan fingerprint density at radius 2 is 2.05 bits per heavy atom. The van der Waals surface area contributed by atoms with Gasteiger partial charge in [-0.05, 0) is 32.0 Å². The van der Waals surface area contributed by atoms with Gasteiger partial charge in [-0.15, -0.1) is 11.3 Å². The smallest absolute Gasteiger partial charge is 0.271 e. The van der Waals surface area contributed by atoms with Crippen LogP contribution in [-0.2, 0) is 0 Å². The van der Waals surface area contributed by atoms with Crippen LogP contribution < -0.4 is 10.6 Å². The molecule has 0 aliphatic rings. The van der Waals surface area contributed by atoms with Crippen LogP contribution in [0.1, 0.15) is 34.7 Å². The van der Waals surface area contributed by atoms with Gasteiger partial charge in [0.2, 0.25) is 0 Å². The fraction of sp³-hybridized carbons (Fsp3) is 0.214. The number of hydrogen-bond acceptors (Lipinski definition) is 4. The van der Waals surface area contributed by atoms with E-state index in [9.17, 15) is 9.59 Å². The highest BCUT2D eigenvalue weighted by molar-refractivity contribution is 7.14. The van der Waals surface area contributed by atoms with E-state index in [0.29, 0.717) is 15.7 Å². The molecule has 0 aliphatic carbocycles. The summed E-state index contributed by atoms with van der Waals surface area (Å²) in [4.78, 5) is 27.9. The van der Waals surface area contributed by atoms with Crippen LogP contribution in [-0.4, -0.2) is 22.8 Å². The van der Waals surface area contributed by atoms with E-state index in [1.54, 1.807) is 29.6 Å². The van der Waals surface area contributed by atoms with Gasteiger partial charge in [0.05, 0.1) is 0 Å². The van der Waals surface area contributed by atoms with Gasteiger partial charge in [0.15, 0.2) is 5.13 Å². The zero-order valence-corrected chi connectivity index (χ0v) is 13.1. The molecule has 2 amide bonds. The van der Waals surface area contributed by atoms with E-state index in [4.69, 9.17) is 11.6 Å². The van der Waals surface area contributed by atoms with Crippen molar-refractivity contribution in [3.8, 4) is 0 Å². The average molecular weight is 324 g/mol. The number of halogens is 1. The molecule has 21 heavy (non-hydrogen) atoms. The van der Waals surface area contributed by atoms with Crippen molar-refractivity contribution >= 4 is 39.9 Å². The quantitative estimate of drug-likeness (QED) is 0.907. The Labute approximate surface area is 131 Å². The first kappa shape index (κ1) is 15.5. The first-order valence-electron chi connectivity index (χ1n) is 6.29. The average Bonchev–Trinajstić information content (AvgIpc) is 2.86. The van der Waals surface area contributed by atoms with Crippen molar-refractivity contribution in [2.45, 2.75) is 19.9 Å². The Balaban J connectivity index is 2.05. The third-order valence-corrected chi connectivity index (χ3v) is 3.46. The van der Waals surface area contributed by atoms with Crippen molar-refractivity contribution in [1.29, 1.82) is 0 Å². The number of thiazole rings is 1. The van der Waals surface area contributed by atoms with Crippen molar-refractivity contribution in [2.24, 2.45) is 0 Å². The van der Waals surface area contributed by atoms with Crippen molar-refractivity contribution in [3.05, 3.63) is 45.9 Å². The number of hydrogen-bond donors (Lipinski definition) is 2. The molecular weight excluding hydrogens is 310 g/mol. The molecule has 2 rings (SSSR count). The zero-order chi connectivity index (χ0) is 15.4. The fourth-order valence-corrected chi connectivity index (χ4v) is 2.45. The number of nitrogens with one attached hydrogen (secondary N) is 2. The molecule has 5 nitrogen and oxygen atoms in total. The lowest BCUT2D eigenvalue weighted by molar-refractivity contribution is 0.0937. The zero-order valence-electron chi connectivity index (χ0n) is 11.5. The molecule has 0 saturated heterocycles.